The van der Waals surface area contributed by atoms with Gasteiger partial charge in [-0.3, -0.25) is 4.79 Å². The predicted molar refractivity (Wildman–Crippen MR) is 76.2 cm³/mol. The fourth-order valence-electron chi connectivity index (χ4n) is 2.63. The lowest BCUT2D eigenvalue weighted by molar-refractivity contribution is 0.0980. The number of benzene rings is 2. The minimum absolute atomic E-state index is 0.0378. The highest BCUT2D eigenvalue weighted by Crippen LogP contribution is 2.33. The Morgan fingerprint density at radius 2 is 1.70 bits per heavy atom. The molecule has 1 amide bonds. The van der Waals surface area contributed by atoms with Crippen LogP contribution in [-0.4, -0.2) is 22.7 Å². The highest BCUT2D eigenvalue weighted by molar-refractivity contribution is 6.10. The molecule has 1 aliphatic rings. The molecule has 0 saturated heterocycles. The van der Waals surface area contributed by atoms with Gasteiger partial charge in [-0.25, -0.2) is 0 Å². The summed E-state index contributed by atoms with van der Waals surface area (Å²) in [7, 11) is 0. The second-order valence-corrected chi connectivity index (χ2v) is 4.86. The highest BCUT2D eigenvalue weighted by Gasteiger charge is 2.27. The maximum absolute atomic E-state index is 12.6. The Morgan fingerprint density at radius 1 is 1.00 bits per heavy atom. The molecular weight excluding hydrogens is 254 g/mol. The average Bonchev–Trinajstić information content (AvgIpc) is 2.46. The second kappa shape index (κ2) is 4.89. The molecule has 3 rings (SSSR count). The van der Waals surface area contributed by atoms with Crippen LogP contribution in [0.2, 0.25) is 0 Å². The first-order chi connectivity index (χ1) is 9.68. The number of para-hydroxylation sites is 1. The Hall–Kier alpha value is -2.49. The summed E-state index contributed by atoms with van der Waals surface area (Å²) in [6.45, 7) is 0.587. The monoisotopic (exact) mass is 269 g/mol. The number of carbonyl (C=O) groups is 1. The van der Waals surface area contributed by atoms with Crippen molar-refractivity contribution in [2.75, 3.05) is 11.4 Å². The maximum Gasteiger partial charge on any atom is 0.265 e. The van der Waals surface area contributed by atoms with Gasteiger partial charge in [0.25, 0.3) is 5.91 Å². The van der Waals surface area contributed by atoms with Gasteiger partial charge in [0.05, 0.1) is 0 Å². The van der Waals surface area contributed by atoms with Crippen molar-refractivity contribution < 1.29 is 15.0 Å². The van der Waals surface area contributed by atoms with Crippen molar-refractivity contribution >= 4 is 11.6 Å². The lowest BCUT2D eigenvalue weighted by Gasteiger charge is -2.29. The molecule has 0 spiro atoms. The van der Waals surface area contributed by atoms with Crippen molar-refractivity contribution in [3.05, 3.63) is 53.6 Å². The van der Waals surface area contributed by atoms with Crippen LogP contribution in [0.1, 0.15) is 22.3 Å². The van der Waals surface area contributed by atoms with Gasteiger partial charge in [-0.15, -0.1) is 0 Å². The third kappa shape index (κ3) is 1.99. The van der Waals surface area contributed by atoms with Crippen molar-refractivity contribution in [3.8, 4) is 11.5 Å². The molecule has 0 radical (unpaired) electrons. The van der Waals surface area contributed by atoms with E-state index >= 15 is 0 Å². The Labute approximate surface area is 116 Å². The van der Waals surface area contributed by atoms with E-state index in [0.717, 1.165) is 24.1 Å². The molecule has 2 N–H and O–H groups in total. The largest absolute Gasteiger partial charge is 0.507 e. The number of rotatable bonds is 1. The van der Waals surface area contributed by atoms with Crippen molar-refractivity contribution in [1.29, 1.82) is 0 Å². The molecule has 0 saturated carbocycles. The lowest BCUT2D eigenvalue weighted by atomic mass is 10.0. The lowest BCUT2D eigenvalue weighted by Crippen LogP contribution is -2.35. The van der Waals surface area contributed by atoms with Crippen LogP contribution in [0, 0.1) is 0 Å². The Morgan fingerprint density at radius 3 is 2.45 bits per heavy atom. The molecule has 1 heterocycles. The van der Waals surface area contributed by atoms with E-state index in [2.05, 4.69) is 0 Å². The molecule has 0 fully saturated rings. The van der Waals surface area contributed by atoms with Crippen LogP contribution in [0.5, 0.6) is 11.5 Å². The van der Waals surface area contributed by atoms with E-state index in [4.69, 9.17) is 0 Å². The summed E-state index contributed by atoms with van der Waals surface area (Å²) in [5, 5.41) is 19.7. The SMILES string of the molecule is O=C(c1c(O)cccc1O)N1CCCc2ccccc21. The number of aryl methyl sites for hydroxylation is 1. The van der Waals surface area contributed by atoms with Crippen LogP contribution in [-0.2, 0) is 6.42 Å². The molecule has 1 aliphatic heterocycles. The molecule has 0 bridgehead atoms. The van der Waals surface area contributed by atoms with Gasteiger partial charge < -0.3 is 15.1 Å². The molecular formula is C16H15NO3. The molecule has 4 nitrogen and oxygen atoms in total. The number of amides is 1. The summed E-state index contributed by atoms with van der Waals surface area (Å²) in [6, 6.07) is 12.0. The summed E-state index contributed by atoms with van der Waals surface area (Å²) in [6.07, 6.45) is 1.81. The molecule has 0 unspecified atom stereocenters. The number of phenolic OH excluding ortho intramolecular Hbond substituents is 2. The fourth-order valence-corrected chi connectivity index (χ4v) is 2.63. The third-order valence-corrected chi connectivity index (χ3v) is 3.59. The number of carbonyl (C=O) groups excluding carboxylic acids is 1. The summed E-state index contributed by atoms with van der Waals surface area (Å²) < 4.78 is 0. The van der Waals surface area contributed by atoms with Crippen LogP contribution in [0.4, 0.5) is 5.69 Å². The molecule has 0 atom stereocenters. The van der Waals surface area contributed by atoms with Gasteiger partial charge in [-0.2, -0.15) is 0 Å². The summed E-state index contributed by atoms with van der Waals surface area (Å²) in [4.78, 5) is 14.2. The molecule has 20 heavy (non-hydrogen) atoms. The average molecular weight is 269 g/mol. The van der Waals surface area contributed by atoms with Crippen LogP contribution >= 0.6 is 0 Å². The quantitative estimate of drug-likeness (QED) is 0.836. The van der Waals surface area contributed by atoms with Crippen molar-refractivity contribution in [1.82, 2.24) is 0 Å². The smallest absolute Gasteiger partial charge is 0.265 e. The first-order valence-electron chi connectivity index (χ1n) is 6.59. The Balaban J connectivity index is 2.05. The fraction of sp³-hybridized carbons (Fsp3) is 0.188. The first-order valence-corrected chi connectivity index (χ1v) is 6.59. The highest BCUT2D eigenvalue weighted by atomic mass is 16.3. The van der Waals surface area contributed by atoms with Gasteiger partial charge >= 0.3 is 0 Å². The number of anilines is 1. The maximum atomic E-state index is 12.6. The minimum atomic E-state index is -0.368. The van der Waals surface area contributed by atoms with E-state index in [1.54, 1.807) is 4.90 Å². The second-order valence-electron chi connectivity index (χ2n) is 4.86. The van der Waals surface area contributed by atoms with Gasteiger partial charge in [-0.1, -0.05) is 24.3 Å². The standard InChI is InChI=1S/C16H15NO3/c18-13-8-3-9-14(19)15(13)16(20)17-10-4-6-11-5-1-2-7-12(11)17/h1-3,5,7-9,18-19H,4,6,10H2. The Bertz CT molecular complexity index is 646. The summed E-state index contributed by atoms with van der Waals surface area (Å²) >= 11 is 0. The third-order valence-electron chi connectivity index (χ3n) is 3.59. The molecule has 4 heteroatoms. The number of fused-ring (bicyclic) bond motifs is 1. The van der Waals surface area contributed by atoms with Crippen LogP contribution in [0.15, 0.2) is 42.5 Å². The van der Waals surface area contributed by atoms with Crippen LogP contribution < -0.4 is 4.90 Å². The van der Waals surface area contributed by atoms with Crippen LogP contribution in [0.25, 0.3) is 0 Å². The Kier molecular flexibility index (Phi) is 3.06. The van der Waals surface area contributed by atoms with Gasteiger partial charge in [0.2, 0.25) is 0 Å². The van der Waals surface area contributed by atoms with E-state index in [0.29, 0.717) is 6.54 Å². The summed E-state index contributed by atoms with van der Waals surface area (Å²) in [5.41, 5.74) is 1.93. The topological polar surface area (TPSA) is 60.8 Å². The zero-order valence-corrected chi connectivity index (χ0v) is 10.9. The number of hydrogen-bond donors (Lipinski definition) is 2. The number of hydrogen-bond acceptors (Lipinski definition) is 3. The molecule has 102 valence electrons. The molecule has 2 aromatic rings. The van der Waals surface area contributed by atoms with Crippen molar-refractivity contribution in [2.45, 2.75) is 12.8 Å². The van der Waals surface area contributed by atoms with E-state index in [1.165, 1.54) is 18.2 Å². The zero-order valence-electron chi connectivity index (χ0n) is 10.9. The van der Waals surface area contributed by atoms with E-state index < -0.39 is 0 Å². The predicted octanol–water partition coefficient (Wildman–Crippen LogP) is 2.69. The molecule has 0 aromatic heterocycles. The van der Waals surface area contributed by atoms with Crippen LogP contribution in [0.3, 0.4) is 0 Å². The van der Waals surface area contributed by atoms with Gasteiger partial charge in [0.1, 0.15) is 17.1 Å². The minimum Gasteiger partial charge on any atom is -0.507 e. The summed E-state index contributed by atoms with van der Waals surface area (Å²) in [5.74, 6) is -0.760. The number of nitrogens with zero attached hydrogens (tertiary/aromatic N) is 1. The first kappa shape index (κ1) is 12.5. The van der Waals surface area contributed by atoms with Crippen molar-refractivity contribution in [2.24, 2.45) is 0 Å². The van der Waals surface area contributed by atoms with E-state index in [9.17, 15) is 15.0 Å². The molecule has 0 aliphatic carbocycles. The van der Waals surface area contributed by atoms with Crippen molar-refractivity contribution in [3.63, 3.8) is 0 Å². The van der Waals surface area contributed by atoms with Gasteiger partial charge in [0.15, 0.2) is 0 Å². The number of phenols is 2. The number of aromatic hydroxyl groups is 2. The van der Waals surface area contributed by atoms with E-state index in [-0.39, 0.29) is 23.0 Å². The molecule has 2 aromatic carbocycles. The van der Waals surface area contributed by atoms with Gasteiger partial charge in [0, 0.05) is 12.2 Å². The zero-order chi connectivity index (χ0) is 14.1. The normalized spacial score (nSPS) is 13.9. The van der Waals surface area contributed by atoms with Gasteiger partial charge in [-0.05, 0) is 36.6 Å². The van der Waals surface area contributed by atoms with E-state index in [1.807, 2.05) is 24.3 Å².